The lowest BCUT2D eigenvalue weighted by Crippen LogP contribution is -2.36. The molecule has 7 heteroatoms. The highest BCUT2D eigenvalue weighted by Gasteiger charge is 2.28. The van der Waals surface area contributed by atoms with Crippen LogP contribution in [0.2, 0.25) is 0 Å². The number of hydrogen-bond donors (Lipinski definition) is 0. The first-order chi connectivity index (χ1) is 13.4. The SMILES string of the molecule is CSc1ccc(COC(=O)c2ccc(C)c(S(=O)(=O)N3CCCCC3)c2)cc1. The Labute approximate surface area is 171 Å². The molecule has 1 aliphatic heterocycles. The minimum atomic E-state index is -3.60. The maximum Gasteiger partial charge on any atom is 0.338 e. The first-order valence-corrected chi connectivity index (χ1v) is 12.0. The van der Waals surface area contributed by atoms with Crippen molar-refractivity contribution in [1.29, 1.82) is 0 Å². The summed E-state index contributed by atoms with van der Waals surface area (Å²) in [4.78, 5) is 13.8. The van der Waals surface area contributed by atoms with Crippen molar-refractivity contribution in [3.8, 4) is 0 Å². The van der Waals surface area contributed by atoms with Crippen LogP contribution in [0, 0.1) is 6.92 Å². The van der Waals surface area contributed by atoms with Gasteiger partial charge < -0.3 is 4.74 Å². The first kappa shape index (κ1) is 20.9. The minimum Gasteiger partial charge on any atom is -0.457 e. The number of aryl methyl sites for hydroxylation is 1. The van der Waals surface area contributed by atoms with E-state index in [0.29, 0.717) is 18.7 Å². The summed E-state index contributed by atoms with van der Waals surface area (Å²) in [6.07, 6.45) is 4.79. The molecule has 0 radical (unpaired) electrons. The third-order valence-corrected chi connectivity index (χ3v) is 7.67. The number of sulfonamides is 1. The number of nitrogens with zero attached hydrogens (tertiary/aromatic N) is 1. The van der Waals surface area contributed by atoms with E-state index in [1.807, 2.05) is 30.5 Å². The molecule has 1 aliphatic rings. The van der Waals surface area contributed by atoms with Crippen LogP contribution in [0.5, 0.6) is 0 Å². The zero-order chi connectivity index (χ0) is 20.1. The van der Waals surface area contributed by atoms with Crippen LogP contribution in [0.1, 0.15) is 40.7 Å². The van der Waals surface area contributed by atoms with Crippen LogP contribution in [0.4, 0.5) is 0 Å². The Morgan fingerprint density at radius 3 is 2.39 bits per heavy atom. The molecule has 3 rings (SSSR count). The van der Waals surface area contributed by atoms with Crippen LogP contribution >= 0.6 is 11.8 Å². The molecule has 5 nitrogen and oxygen atoms in total. The van der Waals surface area contributed by atoms with E-state index in [9.17, 15) is 13.2 Å². The van der Waals surface area contributed by atoms with Crippen molar-refractivity contribution >= 4 is 27.8 Å². The number of piperidine rings is 1. The summed E-state index contributed by atoms with van der Waals surface area (Å²) in [6, 6.07) is 12.5. The quantitative estimate of drug-likeness (QED) is 0.517. The largest absolute Gasteiger partial charge is 0.457 e. The lowest BCUT2D eigenvalue weighted by atomic mass is 10.1. The smallest absolute Gasteiger partial charge is 0.338 e. The number of benzene rings is 2. The summed E-state index contributed by atoms with van der Waals surface area (Å²) in [5, 5.41) is 0. The number of carbonyl (C=O) groups excluding carboxylic acids is 1. The molecule has 2 aromatic rings. The van der Waals surface area contributed by atoms with Crippen LogP contribution < -0.4 is 0 Å². The zero-order valence-electron chi connectivity index (χ0n) is 16.2. The molecular formula is C21H25NO4S2. The summed E-state index contributed by atoms with van der Waals surface area (Å²) in [5.41, 5.74) is 1.77. The van der Waals surface area contributed by atoms with Gasteiger partial charge in [-0.25, -0.2) is 13.2 Å². The number of hydrogen-bond acceptors (Lipinski definition) is 5. The standard InChI is InChI=1S/C21H25NO4S2/c1-16-6-9-18(14-20(16)28(24,25)22-12-4-3-5-13-22)21(23)26-15-17-7-10-19(27-2)11-8-17/h6-11,14H,3-5,12-13,15H2,1-2H3. The fraction of sp³-hybridized carbons (Fsp3) is 0.381. The Balaban J connectivity index is 1.75. The van der Waals surface area contributed by atoms with Crippen LogP contribution in [-0.4, -0.2) is 38.0 Å². The molecule has 0 amide bonds. The molecule has 150 valence electrons. The van der Waals surface area contributed by atoms with E-state index in [-0.39, 0.29) is 17.1 Å². The average molecular weight is 420 g/mol. The third-order valence-electron chi connectivity index (χ3n) is 4.89. The van der Waals surface area contributed by atoms with Gasteiger partial charge in [0.25, 0.3) is 0 Å². The van der Waals surface area contributed by atoms with Crippen molar-refractivity contribution in [2.24, 2.45) is 0 Å². The molecule has 0 spiro atoms. The van der Waals surface area contributed by atoms with E-state index in [2.05, 4.69) is 0 Å². The summed E-state index contributed by atoms with van der Waals surface area (Å²) >= 11 is 1.65. The monoisotopic (exact) mass is 419 g/mol. The van der Waals surface area contributed by atoms with Gasteiger partial charge in [-0.15, -0.1) is 11.8 Å². The molecule has 0 unspecified atom stereocenters. The number of esters is 1. The van der Waals surface area contributed by atoms with Gasteiger partial charge in [-0.3, -0.25) is 0 Å². The Hall–Kier alpha value is -1.83. The predicted octanol–water partition coefficient (Wildman–Crippen LogP) is 4.25. The van der Waals surface area contributed by atoms with Gasteiger partial charge in [-0.2, -0.15) is 4.31 Å². The van der Waals surface area contributed by atoms with E-state index >= 15 is 0 Å². The minimum absolute atomic E-state index is 0.148. The van der Waals surface area contributed by atoms with E-state index in [1.54, 1.807) is 30.8 Å². The molecule has 0 aliphatic carbocycles. The summed E-state index contributed by atoms with van der Waals surface area (Å²) in [6.45, 7) is 2.96. The van der Waals surface area contributed by atoms with Crippen LogP contribution in [-0.2, 0) is 21.4 Å². The average Bonchev–Trinajstić information content (AvgIpc) is 2.73. The molecular weight excluding hydrogens is 394 g/mol. The van der Waals surface area contributed by atoms with Gasteiger partial charge in [0.15, 0.2) is 0 Å². The topological polar surface area (TPSA) is 63.7 Å². The molecule has 0 saturated carbocycles. The number of carbonyl (C=O) groups is 1. The van der Waals surface area contributed by atoms with Crippen LogP contribution in [0.15, 0.2) is 52.3 Å². The van der Waals surface area contributed by atoms with Crippen molar-refractivity contribution in [1.82, 2.24) is 4.31 Å². The van der Waals surface area contributed by atoms with Gasteiger partial charge >= 0.3 is 5.97 Å². The van der Waals surface area contributed by atoms with E-state index < -0.39 is 16.0 Å². The van der Waals surface area contributed by atoms with E-state index in [0.717, 1.165) is 29.7 Å². The van der Waals surface area contributed by atoms with Crippen LogP contribution in [0.25, 0.3) is 0 Å². The van der Waals surface area contributed by atoms with E-state index in [4.69, 9.17) is 4.74 Å². The fourth-order valence-electron chi connectivity index (χ4n) is 3.20. The molecule has 0 bridgehead atoms. The van der Waals surface area contributed by atoms with Crippen molar-refractivity contribution in [3.05, 3.63) is 59.2 Å². The number of ether oxygens (including phenoxy) is 1. The molecule has 0 N–H and O–H groups in total. The van der Waals surface area contributed by atoms with Gasteiger partial charge in [-0.05, 0) is 61.4 Å². The zero-order valence-corrected chi connectivity index (χ0v) is 17.8. The van der Waals surface area contributed by atoms with Crippen molar-refractivity contribution in [2.75, 3.05) is 19.3 Å². The molecule has 1 heterocycles. The van der Waals surface area contributed by atoms with Crippen molar-refractivity contribution in [2.45, 2.75) is 42.6 Å². The number of rotatable bonds is 6. The second kappa shape index (κ2) is 9.11. The van der Waals surface area contributed by atoms with Gasteiger partial charge in [0, 0.05) is 18.0 Å². The lowest BCUT2D eigenvalue weighted by Gasteiger charge is -2.26. The molecule has 0 atom stereocenters. The number of thioether (sulfide) groups is 1. The van der Waals surface area contributed by atoms with Gasteiger partial charge in [-0.1, -0.05) is 24.6 Å². The molecule has 2 aromatic carbocycles. The summed E-state index contributed by atoms with van der Waals surface area (Å²) in [5.74, 6) is -0.524. The molecule has 28 heavy (non-hydrogen) atoms. The highest BCUT2D eigenvalue weighted by molar-refractivity contribution is 7.98. The van der Waals surface area contributed by atoms with Crippen LogP contribution in [0.3, 0.4) is 0 Å². The Bertz CT molecular complexity index is 933. The third kappa shape index (κ3) is 4.77. The second-order valence-electron chi connectivity index (χ2n) is 6.87. The maximum absolute atomic E-state index is 13.0. The molecule has 0 aromatic heterocycles. The molecule has 1 fully saturated rings. The highest BCUT2D eigenvalue weighted by atomic mass is 32.2. The van der Waals surface area contributed by atoms with Crippen molar-refractivity contribution in [3.63, 3.8) is 0 Å². The second-order valence-corrected chi connectivity index (χ2v) is 9.66. The Morgan fingerprint density at radius 2 is 1.75 bits per heavy atom. The highest BCUT2D eigenvalue weighted by Crippen LogP contribution is 2.25. The fourth-order valence-corrected chi connectivity index (χ4v) is 5.38. The molecule has 1 saturated heterocycles. The maximum atomic E-state index is 13.0. The van der Waals surface area contributed by atoms with Gasteiger partial charge in [0.05, 0.1) is 10.5 Å². The lowest BCUT2D eigenvalue weighted by molar-refractivity contribution is 0.0472. The normalized spacial score (nSPS) is 15.4. The van der Waals surface area contributed by atoms with Crippen molar-refractivity contribution < 1.29 is 17.9 Å². The first-order valence-electron chi connectivity index (χ1n) is 9.32. The summed E-state index contributed by atoms with van der Waals surface area (Å²) < 4.78 is 32.9. The Kier molecular flexibility index (Phi) is 6.80. The van der Waals surface area contributed by atoms with Gasteiger partial charge in [0.2, 0.25) is 10.0 Å². The van der Waals surface area contributed by atoms with Gasteiger partial charge in [0.1, 0.15) is 6.61 Å². The predicted molar refractivity (Wildman–Crippen MR) is 111 cm³/mol. The summed E-state index contributed by atoms with van der Waals surface area (Å²) in [7, 11) is -3.60. The Morgan fingerprint density at radius 1 is 1.07 bits per heavy atom. The van der Waals surface area contributed by atoms with E-state index in [1.165, 1.54) is 10.4 Å².